The van der Waals surface area contributed by atoms with Gasteiger partial charge in [0.25, 0.3) is 0 Å². The van der Waals surface area contributed by atoms with E-state index in [0.29, 0.717) is 50.1 Å². The minimum absolute atomic E-state index is 0.120. The molecule has 8 heteroatoms. The molecule has 1 aliphatic rings. The van der Waals surface area contributed by atoms with Crippen molar-refractivity contribution in [1.29, 1.82) is 0 Å². The maximum absolute atomic E-state index is 13.0. The number of hydrogen-bond acceptors (Lipinski definition) is 4. The largest absolute Gasteiger partial charge is 0.491 e. The Morgan fingerprint density at radius 2 is 1.65 bits per heavy atom. The molecule has 0 atom stereocenters. The number of benzene rings is 2. The Hall–Kier alpha value is -1.67. The van der Waals surface area contributed by atoms with Gasteiger partial charge in [-0.15, -0.1) is 0 Å². The summed E-state index contributed by atoms with van der Waals surface area (Å²) in [6, 6.07) is 12.2. The van der Waals surface area contributed by atoms with Crippen LogP contribution < -0.4 is 4.74 Å². The molecule has 140 valence electrons. The van der Waals surface area contributed by atoms with Crippen molar-refractivity contribution in [3.63, 3.8) is 0 Å². The molecule has 0 saturated carbocycles. The molecule has 2 aromatic rings. The molecule has 1 fully saturated rings. The standard InChI is InChI=1S/C18H20ClFN2O3S/c19-17-3-1-2-4-18(17)25-14-13-21-9-11-22(12-10-21)26(23,24)16-7-5-15(20)6-8-16/h1-8H,9-14H2. The summed E-state index contributed by atoms with van der Waals surface area (Å²) in [5.74, 6) is 0.193. The lowest BCUT2D eigenvalue weighted by molar-refractivity contribution is 0.159. The topological polar surface area (TPSA) is 49.9 Å². The molecular weight excluding hydrogens is 379 g/mol. The van der Waals surface area contributed by atoms with Crippen molar-refractivity contribution in [3.8, 4) is 5.75 Å². The van der Waals surface area contributed by atoms with E-state index in [9.17, 15) is 12.8 Å². The zero-order valence-corrected chi connectivity index (χ0v) is 15.7. The van der Waals surface area contributed by atoms with E-state index < -0.39 is 15.8 Å². The number of nitrogens with zero attached hydrogens (tertiary/aromatic N) is 2. The van der Waals surface area contributed by atoms with Crippen LogP contribution in [0.15, 0.2) is 53.4 Å². The number of para-hydroxylation sites is 1. The number of rotatable bonds is 6. The number of halogens is 2. The number of ether oxygens (including phenoxy) is 1. The van der Waals surface area contributed by atoms with Crippen LogP contribution in [0.4, 0.5) is 4.39 Å². The van der Waals surface area contributed by atoms with Crippen LogP contribution in [0.1, 0.15) is 0 Å². The van der Waals surface area contributed by atoms with Gasteiger partial charge in [0.05, 0.1) is 9.92 Å². The molecule has 3 rings (SSSR count). The van der Waals surface area contributed by atoms with E-state index in [0.717, 1.165) is 12.1 Å². The Bertz CT molecular complexity index is 838. The molecule has 1 saturated heterocycles. The fourth-order valence-corrected chi connectivity index (χ4v) is 4.41. The van der Waals surface area contributed by atoms with Crippen LogP contribution in [-0.2, 0) is 10.0 Å². The average molecular weight is 399 g/mol. The Labute approximate surface area is 158 Å². The SMILES string of the molecule is O=S(=O)(c1ccc(F)cc1)N1CCN(CCOc2ccccc2Cl)CC1. The van der Waals surface area contributed by atoms with Crippen molar-refractivity contribution in [2.45, 2.75) is 4.90 Å². The predicted molar refractivity (Wildman–Crippen MR) is 98.5 cm³/mol. The lowest BCUT2D eigenvalue weighted by Gasteiger charge is -2.33. The molecule has 5 nitrogen and oxygen atoms in total. The molecule has 0 aliphatic carbocycles. The number of piperazine rings is 1. The molecule has 0 N–H and O–H groups in total. The van der Waals surface area contributed by atoms with Crippen LogP contribution in [-0.4, -0.2) is 57.0 Å². The molecule has 0 aromatic heterocycles. The summed E-state index contributed by atoms with van der Waals surface area (Å²) in [5.41, 5.74) is 0. The Morgan fingerprint density at radius 3 is 2.31 bits per heavy atom. The predicted octanol–water partition coefficient (Wildman–Crippen LogP) is 2.86. The third kappa shape index (κ3) is 4.54. The van der Waals surface area contributed by atoms with E-state index in [1.807, 2.05) is 18.2 Å². The van der Waals surface area contributed by atoms with Gasteiger partial charge in [0.1, 0.15) is 18.2 Å². The van der Waals surface area contributed by atoms with Crippen molar-refractivity contribution < 1.29 is 17.5 Å². The molecule has 1 aliphatic heterocycles. The summed E-state index contributed by atoms with van der Waals surface area (Å²) in [6.07, 6.45) is 0. The van der Waals surface area contributed by atoms with Gasteiger partial charge >= 0.3 is 0 Å². The summed E-state index contributed by atoms with van der Waals surface area (Å²) < 4.78 is 45.3. The zero-order valence-electron chi connectivity index (χ0n) is 14.1. The maximum Gasteiger partial charge on any atom is 0.243 e. The lowest BCUT2D eigenvalue weighted by atomic mass is 10.3. The van der Waals surface area contributed by atoms with E-state index in [4.69, 9.17) is 16.3 Å². The van der Waals surface area contributed by atoms with Gasteiger partial charge in [0.2, 0.25) is 10.0 Å². The van der Waals surface area contributed by atoms with Crippen molar-refractivity contribution in [3.05, 3.63) is 59.4 Å². The van der Waals surface area contributed by atoms with Crippen LogP contribution in [0.5, 0.6) is 5.75 Å². The van der Waals surface area contributed by atoms with Crippen LogP contribution in [0.25, 0.3) is 0 Å². The number of hydrogen-bond donors (Lipinski definition) is 0. The maximum atomic E-state index is 13.0. The van der Waals surface area contributed by atoms with Crippen LogP contribution in [0, 0.1) is 5.82 Å². The van der Waals surface area contributed by atoms with E-state index in [-0.39, 0.29) is 4.90 Å². The van der Waals surface area contributed by atoms with Crippen LogP contribution >= 0.6 is 11.6 Å². The summed E-state index contributed by atoms with van der Waals surface area (Å²) in [6.45, 7) is 3.19. The molecule has 26 heavy (non-hydrogen) atoms. The van der Waals surface area contributed by atoms with Gasteiger partial charge in [0.15, 0.2) is 0 Å². The van der Waals surface area contributed by atoms with E-state index in [2.05, 4.69) is 4.90 Å². The Kier molecular flexibility index (Phi) is 6.13. The molecule has 0 bridgehead atoms. The van der Waals surface area contributed by atoms with Crippen molar-refractivity contribution in [1.82, 2.24) is 9.21 Å². The fourth-order valence-electron chi connectivity index (χ4n) is 2.80. The third-order valence-corrected chi connectivity index (χ3v) is 6.51. The van der Waals surface area contributed by atoms with Crippen molar-refractivity contribution in [2.75, 3.05) is 39.3 Å². The molecule has 2 aromatic carbocycles. The van der Waals surface area contributed by atoms with Crippen molar-refractivity contribution in [2.24, 2.45) is 0 Å². The Morgan fingerprint density at radius 1 is 1.00 bits per heavy atom. The zero-order chi connectivity index (χ0) is 18.6. The van der Waals surface area contributed by atoms with E-state index >= 15 is 0 Å². The molecule has 1 heterocycles. The molecular formula is C18H20ClFN2O3S. The van der Waals surface area contributed by atoms with Gasteiger partial charge in [-0.2, -0.15) is 4.31 Å². The third-order valence-electron chi connectivity index (χ3n) is 4.28. The minimum atomic E-state index is -3.58. The van der Waals surface area contributed by atoms with E-state index in [1.54, 1.807) is 6.07 Å². The molecule has 0 spiro atoms. The normalized spacial score (nSPS) is 16.5. The fraction of sp³-hybridized carbons (Fsp3) is 0.333. The van der Waals surface area contributed by atoms with Gasteiger partial charge in [0, 0.05) is 32.7 Å². The first-order valence-electron chi connectivity index (χ1n) is 8.32. The summed E-state index contributed by atoms with van der Waals surface area (Å²) in [7, 11) is -3.58. The average Bonchev–Trinajstić information content (AvgIpc) is 2.64. The highest BCUT2D eigenvalue weighted by Gasteiger charge is 2.28. The second-order valence-corrected chi connectivity index (χ2v) is 8.32. The summed E-state index contributed by atoms with van der Waals surface area (Å²) >= 11 is 6.05. The molecule has 0 unspecified atom stereocenters. The number of sulfonamides is 1. The van der Waals surface area contributed by atoms with Gasteiger partial charge in [-0.1, -0.05) is 23.7 Å². The van der Waals surface area contributed by atoms with Gasteiger partial charge in [-0.25, -0.2) is 12.8 Å². The van der Waals surface area contributed by atoms with Crippen molar-refractivity contribution >= 4 is 21.6 Å². The highest BCUT2D eigenvalue weighted by Crippen LogP contribution is 2.23. The van der Waals surface area contributed by atoms with Crippen LogP contribution in [0.2, 0.25) is 5.02 Å². The monoisotopic (exact) mass is 398 g/mol. The lowest BCUT2D eigenvalue weighted by Crippen LogP contribution is -2.49. The van der Waals surface area contributed by atoms with Gasteiger partial charge in [-0.3, -0.25) is 4.90 Å². The van der Waals surface area contributed by atoms with E-state index in [1.165, 1.54) is 16.4 Å². The first-order valence-corrected chi connectivity index (χ1v) is 10.1. The highest BCUT2D eigenvalue weighted by atomic mass is 35.5. The first kappa shape index (κ1) is 19.1. The summed E-state index contributed by atoms with van der Waals surface area (Å²) in [5, 5.41) is 0.572. The second kappa shape index (κ2) is 8.35. The molecule has 0 amide bonds. The second-order valence-electron chi connectivity index (χ2n) is 5.98. The quantitative estimate of drug-likeness (QED) is 0.750. The summed E-state index contributed by atoms with van der Waals surface area (Å²) in [4.78, 5) is 2.27. The van der Waals surface area contributed by atoms with Gasteiger partial charge < -0.3 is 4.74 Å². The minimum Gasteiger partial charge on any atom is -0.491 e. The molecule has 0 radical (unpaired) electrons. The van der Waals surface area contributed by atoms with Gasteiger partial charge in [-0.05, 0) is 36.4 Å². The Balaban J connectivity index is 1.49. The highest BCUT2D eigenvalue weighted by molar-refractivity contribution is 7.89. The first-order chi connectivity index (χ1) is 12.5. The smallest absolute Gasteiger partial charge is 0.243 e. The van der Waals surface area contributed by atoms with Crippen LogP contribution in [0.3, 0.4) is 0 Å².